The van der Waals surface area contributed by atoms with Crippen LogP contribution in [0.25, 0.3) is 0 Å². The Morgan fingerprint density at radius 3 is 2.85 bits per heavy atom. The molecule has 1 aliphatic rings. The molecule has 72 valence electrons. The summed E-state index contributed by atoms with van der Waals surface area (Å²) in [6.45, 7) is 1.15. The van der Waals surface area contributed by atoms with Crippen molar-refractivity contribution in [1.29, 1.82) is 0 Å². The number of rotatable bonds is 1. The molecule has 6 heteroatoms. The number of halogens is 2. The SMILES string of the molecule is Cn1nc(Br)nc1N1CCC(F)C1. The van der Waals surface area contributed by atoms with E-state index in [2.05, 4.69) is 26.0 Å². The molecule has 0 spiro atoms. The Balaban J connectivity index is 2.20. The molecule has 1 aromatic rings. The van der Waals surface area contributed by atoms with Gasteiger partial charge >= 0.3 is 0 Å². The van der Waals surface area contributed by atoms with Crippen molar-refractivity contribution in [3.63, 3.8) is 0 Å². The maximum Gasteiger partial charge on any atom is 0.224 e. The maximum absolute atomic E-state index is 12.9. The fraction of sp³-hybridized carbons (Fsp3) is 0.714. The summed E-state index contributed by atoms with van der Waals surface area (Å²) in [4.78, 5) is 6.06. The molecule has 0 aliphatic carbocycles. The van der Waals surface area contributed by atoms with Crippen molar-refractivity contribution in [3.05, 3.63) is 4.73 Å². The number of anilines is 1. The summed E-state index contributed by atoms with van der Waals surface area (Å²) in [5.74, 6) is 0.729. The highest BCUT2D eigenvalue weighted by Gasteiger charge is 2.25. The monoisotopic (exact) mass is 248 g/mol. The molecule has 1 fully saturated rings. The Morgan fingerprint density at radius 1 is 1.62 bits per heavy atom. The standard InChI is InChI=1S/C7H10BrFN4/c1-12-7(10-6(8)11-12)13-3-2-5(9)4-13/h5H,2-4H2,1H3. The van der Waals surface area contributed by atoms with Crippen LogP contribution in [0.3, 0.4) is 0 Å². The van der Waals surface area contributed by atoms with E-state index in [1.165, 1.54) is 0 Å². The van der Waals surface area contributed by atoms with Crippen molar-refractivity contribution in [2.24, 2.45) is 7.05 Å². The van der Waals surface area contributed by atoms with E-state index in [1.807, 2.05) is 4.90 Å². The first-order valence-corrected chi connectivity index (χ1v) is 4.91. The molecule has 1 atom stereocenters. The van der Waals surface area contributed by atoms with Crippen LogP contribution in [0.2, 0.25) is 0 Å². The molecule has 0 amide bonds. The minimum atomic E-state index is -0.726. The number of hydrogen-bond donors (Lipinski definition) is 0. The fourth-order valence-electron chi connectivity index (χ4n) is 1.52. The summed E-state index contributed by atoms with van der Waals surface area (Å²) in [6, 6.07) is 0. The summed E-state index contributed by atoms with van der Waals surface area (Å²) in [5, 5.41) is 4.04. The molecular weight excluding hydrogens is 239 g/mol. The molecule has 0 aromatic carbocycles. The van der Waals surface area contributed by atoms with Crippen LogP contribution in [0.1, 0.15) is 6.42 Å². The molecule has 2 rings (SSSR count). The van der Waals surface area contributed by atoms with E-state index in [0.29, 0.717) is 17.7 Å². The van der Waals surface area contributed by atoms with Crippen LogP contribution in [0.4, 0.5) is 10.3 Å². The first-order valence-electron chi connectivity index (χ1n) is 4.12. The maximum atomic E-state index is 12.9. The van der Waals surface area contributed by atoms with Gasteiger partial charge in [0.25, 0.3) is 0 Å². The number of hydrogen-bond acceptors (Lipinski definition) is 3. The van der Waals surface area contributed by atoms with Gasteiger partial charge in [-0.1, -0.05) is 0 Å². The number of nitrogens with zero attached hydrogens (tertiary/aromatic N) is 4. The zero-order valence-electron chi connectivity index (χ0n) is 7.24. The van der Waals surface area contributed by atoms with E-state index < -0.39 is 6.17 Å². The fourth-order valence-corrected chi connectivity index (χ4v) is 1.92. The lowest BCUT2D eigenvalue weighted by Gasteiger charge is -2.14. The molecule has 1 aromatic heterocycles. The third kappa shape index (κ3) is 1.67. The predicted octanol–water partition coefficient (Wildman–Crippen LogP) is 1.13. The Bertz CT molecular complexity index is 313. The predicted molar refractivity (Wildman–Crippen MR) is 50.4 cm³/mol. The molecule has 0 N–H and O–H groups in total. The summed E-state index contributed by atoms with van der Waals surface area (Å²) < 4.78 is 15.1. The van der Waals surface area contributed by atoms with Gasteiger partial charge in [0, 0.05) is 13.6 Å². The van der Waals surface area contributed by atoms with E-state index in [-0.39, 0.29) is 0 Å². The summed E-state index contributed by atoms with van der Waals surface area (Å²) in [5.41, 5.74) is 0. The van der Waals surface area contributed by atoms with Crippen molar-refractivity contribution in [3.8, 4) is 0 Å². The minimum absolute atomic E-state index is 0.430. The molecule has 2 heterocycles. The lowest BCUT2D eigenvalue weighted by molar-refractivity contribution is 0.364. The first-order chi connectivity index (χ1) is 6.16. The second kappa shape index (κ2) is 3.25. The summed E-state index contributed by atoms with van der Waals surface area (Å²) in [6.07, 6.45) is -0.139. The average molecular weight is 249 g/mol. The normalized spacial score (nSPS) is 22.7. The van der Waals surface area contributed by atoms with Gasteiger partial charge in [0.05, 0.1) is 6.54 Å². The number of aryl methyl sites for hydroxylation is 1. The second-order valence-corrected chi connectivity index (χ2v) is 3.85. The van der Waals surface area contributed by atoms with Crippen LogP contribution in [-0.2, 0) is 7.05 Å². The largest absolute Gasteiger partial charge is 0.338 e. The Morgan fingerprint density at radius 2 is 2.38 bits per heavy atom. The lowest BCUT2D eigenvalue weighted by Crippen LogP contribution is -2.23. The van der Waals surface area contributed by atoms with Crippen molar-refractivity contribution in [1.82, 2.24) is 14.8 Å². The molecule has 13 heavy (non-hydrogen) atoms. The van der Waals surface area contributed by atoms with Crippen molar-refractivity contribution in [2.45, 2.75) is 12.6 Å². The zero-order chi connectivity index (χ0) is 9.42. The Labute approximate surface area is 83.9 Å². The van der Waals surface area contributed by atoms with Crippen LogP contribution in [-0.4, -0.2) is 34.0 Å². The van der Waals surface area contributed by atoms with Crippen molar-refractivity contribution in [2.75, 3.05) is 18.0 Å². The molecule has 0 bridgehead atoms. The van der Waals surface area contributed by atoms with E-state index in [1.54, 1.807) is 11.7 Å². The van der Waals surface area contributed by atoms with Crippen LogP contribution >= 0.6 is 15.9 Å². The molecular formula is C7H10BrFN4. The van der Waals surface area contributed by atoms with Crippen LogP contribution in [0.5, 0.6) is 0 Å². The van der Waals surface area contributed by atoms with Gasteiger partial charge in [-0.3, -0.25) is 0 Å². The third-order valence-corrected chi connectivity index (χ3v) is 2.46. The Hall–Kier alpha value is -0.650. The highest BCUT2D eigenvalue weighted by molar-refractivity contribution is 9.10. The molecule has 1 aliphatic heterocycles. The van der Waals surface area contributed by atoms with Crippen molar-refractivity contribution < 1.29 is 4.39 Å². The first kappa shape index (κ1) is 8.93. The van der Waals surface area contributed by atoms with Gasteiger partial charge in [0.15, 0.2) is 0 Å². The van der Waals surface area contributed by atoms with Crippen molar-refractivity contribution >= 4 is 21.9 Å². The second-order valence-electron chi connectivity index (χ2n) is 3.14. The highest BCUT2D eigenvalue weighted by atomic mass is 79.9. The smallest absolute Gasteiger partial charge is 0.224 e. The van der Waals surface area contributed by atoms with Gasteiger partial charge in [0.2, 0.25) is 10.7 Å². The van der Waals surface area contributed by atoms with E-state index >= 15 is 0 Å². The van der Waals surface area contributed by atoms with Crippen LogP contribution in [0, 0.1) is 0 Å². The van der Waals surface area contributed by atoms with Crippen LogP contribution in [0.15, 0.2) is 4.73 Å². The van der Waals surface area contributed by atoms with Gasteiger partial charge in [-0.25, -0.2) is 9.07 Å². The minimum Gasteiger partial charge on any atom is -0.338 e. The number of aromatic nitrogens is 3. The van der Waals surface area contributed by atoms with Gasteiger partial charge in [-0.15, -0.1) is 5.10 Å². The quantitative estimate of drug-likeness (QED) is 0.748. The van der Waals surface area contributed by atoms with Gasteiger partial charge < -0.3 is 4.90 Å². The number of alkyl halides is 1. The van der Waals surface area contributed by atoms with E-state index in [4.69, 9.17) is 0 Å². The highest BCUT2D eigenvalue weighted by Crippen LogP contribution is 2.20. The molecule has 4 nitrogen and oxygen atoms in total. The summed E-state index contributed by atoms with van der Waals surface area (Å²) >= 11 is 3.18. The average Bonchev–Trinajstić information content (AvgIpc) is 2.58. The van der Waals surface area contributed by atoms with Crippen LogP contribution < -0.4 is 4.90 Å². The molecule has 1 unspecified atom stereocenters. The zero-order valence-corrected chi connectivity index (χ0v) is 8.83. The molecule has 0 saturated carbocycles. The van der Waals surface area contributed by atoms with Gasteiger partial charge in [-0.2, -0.15) is 4.98 Å². The Kier molecular flexibility index (Phi) is 2.23. The van der Waals surface area contributed by atoms with Gasteiger partial charge in [-0.05, 0) is 22.4 Å². The third-order valence-electron chi connectivity index (χ3n) is 2.13. The van der Waals surface area contributed by atoms with E-state index in [0.717, 1.165) is 12.5 Å². The topological polar surface area (TPSA) is 34.0 Å². The van der Waals surface area contributed by atoms with Gasteiger partial charge in [0.1, 0.15) is 6.17 Å². The molecule has 1 saturated heterocycles. The molecule has 0 radical (unpaired) electrons. The summed E-state index contributed by atoms with van der Waals surface area (Å²) in [7, 11) is 1.80. The van der Waals surface area contributed by atoms with E-state index in [9.17, 15) is 4.39 Å². The lowest BCUT2D eigenvalue weighted by atomic mass is 10.3.